The van der Waals surface area contributed by atoms with Crippen molar-refractivity contribution in [3.8, 4) is 0 Å². The van der Waals surface area contributed by atoms with Crippen LogP contribution in [0.2, 0.25) is 0 Å². The molecule has 3 heteroatoms. The van der Waals surface area contributed by atoms with Crippen molar-refractivity contribution in [2.75, 3.05) is 0 Å². The van der Waals surface area contributed by atoms with E-state index in [0.29, 0.717) is 12.8 Å². The van der Waals surface area contributed by atoms with Gasteiger partial charge in [-0.1, -0.05) is 12.1 Å². The lowest BCUT2D eigenvalue weighted by atomic mass is 10.1. The molecular weight excluding hydrogens is 171 g/mol. The van der Waals surface area contributed by atoms with Gasteiger partial charge in [0.2, 0.25) is 0 Å². The Morgan fingerprint density at radius 3 is 2.85 bits per heavy atom. The van der Waals surface area contributed by atoms with Gasteiger partial charge in [0.25, 0.3) is 0 Å². The van der Waals surface area contributed by atoms with Crippen LogP contribution in [0.15, 0.2) is 12.1 Å². The number of benzene rings is 1. The molecule has 1 aliphatic rings. The number of fused-ring (bicyclic) bond motifs is 1. The molecule has 13 heavy (non-hydrogen) atoms. The molecule has 0 aromatic heterocycles. The van der Waals surface area contributed by atoms with Crippen molar-refractivity contribution in [3.05, 3.63) is 34.6 Å². The fraction of sp³-hybridized carbons (Fsp3) is 0.300. The van der Waals surface area contributed by atoms with E-state index in [2.05, 4.69) is 0 Å². The molecule has 68 valence electrons. The van der Waals surface area contributed by atoms with Crippen LogP contribution in [0.1, 0.15) is 27.9 Å². The minimum atomic E-state index is -0.539. The third-order valence-electron chi connectivity index (χ3n) is 2.38. The summed E-state index contributed by atoms with van der Waals surface area (Å²) in [5.41, 5.74) is 1.15. The maximum Gasteiger partial charge on any atom is 0.166 e. The summed E-state index contributed by atoms with van der Waals surface area (Å²) in [6.45, 7) is -0.355. The highest BCUT2D eigenvalue weighted by Crippen LogP contribution is 2.26. The molecule has 0 saturated heterocycles. The monoisotopic (exact) mass is 180 g/mol. The number of aryl methyl sites for hydroxylation is 1. The van der Waals surface area contributed by atoms with Crippen LogP contribution in [-0.4, -0.2) is 10.9 Å². The van der Waals surface area contributed by atoms with E-state index in [0.717, 1.165) is 5.56 Å². The van der Waals surface area contributed by atoms with Crippen molar-refractivity contribution in [1.82, 2.24) is 0 Å². The van der Waals surface area contributed by atoms with Crippen LogP contribution in [0.4, 0.5) is 4.39 Å². The first-order valence-electron chi connectivity index (χ1n) is 4.18. The topological polar surface area (TPSA) is 37.3 Å². The SMILES string of the molecule is O=C1CCc2ccc(CO)c(F)c21. The van der Waals surface area contributed by atoms with E-state index in [9.17, 15) is 9.18 Å². The molecule has 0 amide bonds. The summed E-state index contributed by atoms with van der Waals surface area (Å²) in [5.74, 6) is -0.690. The summed E-state index contributed by atoms with van der Waals surface area (Å²) in [4.78, 5) is 11.2. The molecule has 0 saturated carbocycles. The Morgan fingerprint density at radius 2 is 2.15 bits per heavy atom. The molecular formula is C10H9FO2. The van der Waals surface area contributed by atoms with E-state index in [4.69, 9.17) is 5.11 Å². The fourth-order valence-corrected chi connectivity index (χ4v) is 1.66. The van der Waals surface area contributed by atoms with Crippen molar-refractivity contribution in [1.29, 1.82) is 0 Å². The lowest BCUT2D eigenvalue weighted by molar-refractivity contribution is 0.0991. The number of halogens is 1. The summed E-state index contributed by atoms with van der Waals surface area (Å²) >= 11 is 0. The second kappa shape index (κ2) is 2.92. The minimum Gasteiger partial charge on any atom is -0.392 e. The number of carbonyl (C=O) groups excluding carboxylic acids is 1. The van der Waals surface area contributed by atoms with E-state index >= 15 is 0 Å². The van der Waals surface area contributed by atoms with E-state index in [1.165, 1.54) is 6.07 Å². The van der Waals surface area contributed by atoms with Crippen molar-refractivity contribution in [2.45, 2.75) is 19.4 Å². The van der Waals surface area contributed by atoms with Gasteiger partial charge in [-0.2, -0.15) is 0 Å². The standard InChI is InChI=1S/C10H9FO2/c11-10-7(5-12)2-1-6-3-4-8(13)9(6)10/h1-2,12H,3-5H2. The zero-order valence-electron chi connectivity index (χ0n) is 7.01. The zero-order valence-corrected chi connectivity index (χ0v) is 7.01. The van der Waals surface area contributed by atoms with Crippen LogP contribution in [0.3, 0.4) is 0 Å². The van der Waals surface area contributed by atoms with Crippen LogP contribution >= 0.6 is 0 Å². The zero-order chi connectivity index (χ0) is 9.42. The summed E-state index contributed by atoms with van der Waals surface area (Å²) in [6.07, 6.45) is 1.01. The molecule has 1 N–H and O–H groups in total. The van der Waals surface area contributed by atoms with E-state index < -0.39 is 5.82 Å². The average Bonchev–Trinajstić information content (AvgIpc) is 2.49. The number of aliphatic hydroxyl groups is 1. The highest BCUT2D eigenvalue weighted by Gasteiger charge is 2.24. The summed E-state index contributed by atoms with van der Waals surface area (Å²) in [7, 11) is 0. The van der Waals surface area contributed by atoms with Crippen molar-refractivity contribution in [3.63, 3.8) is 0 Å². The summed E-state index contributed by atoms with van der Waals surface area (Å²) in [5, 5.41) is 8.78. The summed E-state index contributed by atoms with van der Waals surface area (Å²) in [6, 6.07) is 3.25. The van der Waals surface area contributed by atoms with Crippen LogP contribution in [0, 0.1) is 5.82 Å². The average molecular weight is 180 g/mol. The van der Waals surface area contributed by atoms with Gasteiger partial charge in [-0.15, -0.1) is 0 Å². The number of hydrogen-bond donors (Lipinski definition) is 1. The maximum atomic E-state index is 13.4. The van der Waals surface area contributed by atoms with Crippen LogP contribution in [0.25, 0.3) is 0 Å². The molecule has 0 spiro atoms. The van der Waals surface area contributed by atoms with Gasteiger partial charge in [-0.3, -0.25) is 4.79 Å². The van der Waals surface area contributed by atoms with Crippen LogP contribution in [-0.2, 0) is 13.0 Å². The van der Waals surface area contributed by atoms with Gasteiger partial charge in [0.05, 0.1) is 12.2 Å². The van der Waals surface area contributed by atoms with Gasteiger partial charge in [0, 0.05) is 12.0 Å². The second-order valence-electron chi connectivity index (χ2n) is 3.15. The third-order valence-corrected chi connectivity index (χ3v) is 2.38. The summed E-state index contributed by atoms with van der Waals surface area (Å²) < 4.78 is 13.4. The Morgan fingerprint density at radius 1 is 1.38 bits per heavy atom. The Labute approximate surface area is 75.0 Å². The van der Waals surface area contributed by atoms with Gasteiger partial charge >= 0.3 is 0 Å². The normalized spacial score (nSPS) is 14.8. The molecule has 1 aliphatic carbocycles. The highest BCUT2D eigenvalue weighted by atomic mass is 19.1. The molecule has 0 fully saturated rings. The van der Waals surface area contributed by atoms with Gasteiger partial charge in [-0.25, -0.2) is 4.39 Å². The predicted molar refractivity (Wildman–Crippen MR) is 45.0 cm³/mol. The van der Waals surface area contributed by atoms with Crippen molar-refractivity contribution >= 4 is 5.78 Å². The fourth-order valence-electron chi connectivity index (χ4n) is 1.66. The first kappa shape index (κ1) is 8.38. The number of hydrogen-bond acceptors (Lipinski definition) is 2. The lowest BCUT2D eigenvalue weighted by Crippen LogP contribution is -2.00. The molecule has 0 radical (unpaired) electrons. The molecule has 2 nitrogen and oxygen atoms in total. The van der Waals surface area contributed by atoms with Gasteiger partial charge < -0.3 is 5.11 Å². The lowest BCUT2D eigenvalue weighted by Gasteiger charge is -2.03. The van der Waals surface area contributed by atoms with E-state index in [1.54, 1.807) is 6.07 Å². The van der Waals surface area contributed by atoms with Gasteiger partial charge in [-0.05, 0) is 12.0 Å². The van der Waals surface area contributed by atoms with Crippen molar-refractivity contribution < 1.29 is 14.3 Å². The smallest absolute Gasteiger partial charge is 0.166 e. The first-order chi connectivity index (χ1) is 6.24. The maximum absolute atomic E-state index is 13.4. The molecule has 0 bridgehead atoms. The molecule has 1 aromatic rings. The Bertz CT molecular complexity index is 371. The molecule has 2 rings (SSSR count). The molecule has 0 aliphatic heterocycles. The quantitative estimate of drug-likeness (QED) is 0.710. The molecule has 0 atom stereocenters. The Kier molecular flexibility index (Phi) is 1.88. The van der Waals surface area contributed by atoms with Gasteiger partial charge in [0.15, 0.2) is 5.78 Å². The number of rotatable bonds is 1. The number of Topliss-reactive ketones (excluding diaryl/α,β-unsaturated/α-hetero) is 1. The number of ketones is 1. The minimum absolute atomic E-state index is 0.150. The Hall–Kier alpha value is -1.22. The van der Waals surface area contributed by atoms with E-state index in [-0.39, 0.29) is 23.5 Å². The van der Waals surface area contributed by atoms with Gasteiger partial charge in [0.1, 0.15) is 5.82 Å². The number of aliphatic hydroxyl groups excluding tert-OH is 1. The predicted octanol–water partition coefficient (Wildman–Crippen LogP) is 1.45. The Balaban J connectivity index is 2.63. The largest absolute Gasteiger partial charge is 0.392 e. The molecule has 0 heterocycles. The second-order valence-corrected chi connectivity index (χ2v) is 3.15. The van der Waals surface area contributed by atoms with Crippen LogP contribution in [0.5, 0.6) is 0 Å². The number of carbonyl (C=O) groups is 1. The highest BCUT2D eigenvalue weighted by molar-refractivity contribution is 6.00. The van der Waals surface area contributed by atoms with E-state index in [1.807, 2.05) is 0 Å². The molecule has 0 unspecified atom stereocenters. The molecule has 1 aromatic carbocycles. The van der Waals surface area contributed by atoms with Crippen LogP contribution < -0.4 is 0 Å². The third kappa shape index (κ3) is 1.16. The van der Waals surface area contributed by atoms with Crippen molar-refractivity contribution in [2.24, 2.45) is 0 Å². The first-order valence-corrected chi connectivity index (χ1v) is 4.18.